The maximum atomic E-state index is 12.5. The molecule has 0 bridgehead atoms. The van der Waals surface area contributed by atoms with E-state index in [1.54, 1.807) is 5.51 Å². The smallest absolute Gasteiger partial charge is 0.260 e. The molecule has 0 radical (unpaired) electrons. The normalized spacial score (nSPS) is 11.1. The van der Waals surface area contributed by atoms with E-state index >= 15 is 0 Å². The molecule has 0 saturated heterocycles. The molecule has 23 heavy (non-hydrogen) atoms. The van der Waals surface area contributed by atoms with Gasteiger partial charge in [-0.1, -0.05) is 53.4 Å². The lowest BCUT2D eigenvalue weighted by molar-refractivity contribution is 1.00. The Bertz CT molecular complexity index is 993. The number of nitrogens with one attached hydrogen (secondary N) is 1. The van der Waals surface area contributed by atoms with Crippen LogP contribution in [0.3, 0.4) is 0 Å². The summed E-state index contributed by atoms with van der Waals surface area (Å²) in [6, 6.07) is 9.89. The first-order valence-corrected chi connectivity index (χ1v) is 9.50. The average molecular weight is 358 g/mol. The fraction of sp³-hybridized carbons (Fsp3) is 0.0667. The Morgan fingerprint density at radius 1 is 1.17 bits per heavy atom. The number of fused-ring (bicyclic) bond motifs is 1. The number of benzene rings is 1. The van der Waals surface area contributed by atoms with E-state index in [0.717, 1.165) is 20.3 Å². The standard InChI is InChI=1S/C15H10N4OS3/c20-13-12-10(9-4-2-1-3-5-9)6-21-14(12)18-11(17-13)7-22-15-19-16-8-23-15/h1-6,8H,7H2,(H,17,18,20). The van der Waals surface area contributed by atoms with Crippen LogP contribution in [-0.4, -0.2) is 20.2 Å². The van der Waals surface area contributed by atoms with Gasteiger partial charge in [0.25, 0.3) is 5.56 Å². The first-order valence-electron chi connectivity index (χ1n) is 6.76. The van der Waals surface area contributed by atoms with Crippen LogP contribution in [0.1, 0.15) is 5.82 Å². The molecule has 0 aliphatic rings. The fourth-order valence-corrected chi connectivity index (χ4v) is 4.57. The number of aromatic amines is 1. The molecule has 0 amide bonds. The summed E-state index contributed by atoms with van der Waals surface area (Å²) in [6.07, 6.45) is 0. The third-order valence-corrected chi connectivity index (χ3v) is 5.99. The van der Waals surface area contributed by atoms with Gasteiger partial charge >= 0.3 is 0 Å². The Hall–Kier alpha value is -2.03. The quantitative estimate of drug-likeness (QED) is 0.562. The van der Waals surface area contributed by atoms with Gasteiger partial charge in [0, 0.05) is 10.9 Å². The van der Waals surface area contributed by atoms with E-state index < -0.39 is 0 Å². The molecule has 4 aromatic rings. The van der Waals surface area contributed by atoms with E-state index in [-0.39, 0.29) is 5.56 Å². The van der Waals surface area contributed by atoms with Crippen molar-refractivity contribution in [2.24, 2.45) is 0 Å². The van der Waals surface area contributed by atoms with Crippen LogP contribution in [0.2, 0.25) is 0 Å². The van der Waals surface area contributed by atoms with Gasteiger partial charge in [0.1, 0.15) is 16.2 Å². The maximum absolute atomic E-state index is 12.5. The van der Waals surface area contributed by atoms with Crippen LogP contribution in [0.4, 0.5) is 0 Å². The Balaban J connectivity index is 1.71. The minimum atomic E-state index is -0.0945. The molecule has 0 saturated carbocycles. The van der Waals surface area contributed by atoms with Crippen molar-refractivity contribution >= 4 is 44.7 Å². The number of nitrogens with zero attached hydrogens (tertiary/aromatic N) is 3. The molecular formula is C15H10N4OS3. The molecule has 3 aromatic heterocycles. The SMILES string of the molecule is O=c1[nH]c(CSc2nncs2)nc2scc(-c3ccccc3)c12. The number of hydrogen-bond donors (Lipinski definition) is 1. The second-order valence-electron chi connectivity index (χ2n) is 4.70. The first-order chi connectivity index (χ1) is 11.3. The number of aromatic nitrogens is 4. The molecule has 114 valence electrons. The number of rotatable bonds is 4. The highest BCUT2D eigenvalue weighted by molar-refractivity contribution is 8.00. The minimum Gasteiger partial charge on any atom is -0.309 e. The predicted molar refractivity (Wildman–Crippen MR) is 95.1 cm³/mol. The van der Waals surface area contributed by atoms with Crippen LogP contribution < -0.4 is 5.56 Å². The zero-order valence-corrected chi connectivity index (χ0v) is 14.2. The van der Waals surface area contributed by atoms with E-state index in [0.29, 0.717) is 17.0 Å². The summed E-state index contributed by atoms with van der Waals surface area (Å²) in [5.74, 6) is 1.23. The molecule has 4 rings (SSSR count). The van der Waals surface area contributed by atoms with Gasteiger partial charge in [0.15, 0.2) is 4.34 Å². The van der Waals surface area contributed by atoms with Crippen LogP contribution in [0, 0.1) is 0 Å². The molecule has 0 fully saturated rings. The summed E-state index contributed by atoms with van der Waals surface area (Å²) < 4.78 is 0.865. The lowest BCUT2D eigenvalue weighted by Gasteiger charge is -2.01. The van der Waals surface area contributed by atoms with Crippen molar-refractivity contribution in [3.05, 3.63) is 57.4 Å². The molecule has 5 nitrogen and oxygen atoms in total. The highest BCUT2D eigenvalue weighted by Gasteiger charge is 2.13. The number of H-pyrrole nitrogens is 1. The Morgan fingerprint density at radius 3 is 2.83 bits per heavy atom. The Kier molecular flexibility index (Phi) is 3.94. The second kappa shape index (κ2) is 6.23. The molecular weight excluding hydrogens is 348 g/mol. The zero-order chi connectivity index (χ0) is 15.6. The third-order valence-electron chi connectivity index (χ3n) is 3.25. The topological polar surface area (TPSA) is 71.5 Å². The summed E-state index contributed by atoms with van der Waals surface area (Å²) in [5.41, 5.74) is 3.56. The summed E-state index contributed by atoms with van der Waals surface area (Å²) in [5, 5.41) is 10.4. The van der Waals surface area contributed by atoms with Gasteiger partial charge in [-0.05, 0) is 5.56 Å². The van der Waals surface area contributed by atoms with Crippen LogP contribution in [-0.2, 0) is 5.75 Å². The summed E-state index contributed by atoms with van der Waals surface area (Å²) in [7, 11) is 0. The molecule has 0 spiro atoms. The van der Waals surface area contributed by atoms with E-state index in [1.165, 1.54) is 34.4 Å². The van der Waals surface area contributed by atoms with Gasteiger partial charge < -0.3 is 4.98 Å². The van der Waals surface area contributed by atoms with Crippen molar-refractivity contribution in [1.82, 2.24) is 20.2 Å². The summed E-state index contributed by atoms with van der Waals surface area (Å²) in [6.45, 7) is 0. The second-order valence-corrected chi connectivity index (χ2v) is 7.62. The van der Waals surface area contributed by atoms with E-state index in [2.05, 4.69) is 20.2 Å². The number of thiophene rings is 1. The van der Waals surface area contributed by atoms with Gasteiger partial charge in [-0.15, -0.1) is 21.5 Å². The molecule has 1 aromatic carbocycles. The predicted octanol–water partition coefficient (Wildman–Crippen LogP) is 3.80. The lowest BCUT2D eigenvalue weighted by atomic mass is 10.1. The van der Waals surface area contributed by atoms with E-state index in [1.807, 2.05) is 35.7 Å². The van der Waals surface area contributed by atoms with Crippen LogP contribution in [0.15, 0.2) is 50.4 Å². The van der Waals surface area contributed by atoms with Gasteiger partial charge in [-0.25, -0.2) is 4.98 Å². The highest BCUT2D eigenvalue weighted by Crippen LogP contribution is 2.31. The monoisotopic (exact) mass is 358 g/mol. The van der Waals surface area contributed by atoms with Crippen LogP contribution >= 0.6 is 34.4 Å². The van der Waals surface area contributed by atoms with Gasteiger partial charge in [-0.2, -0.15) is 0 Å². The zero-order valence-electron chi connectivity index (χ0n) is 11.7. The molecule has 0 atom stereocenters. The van der Waals surface area contributed by atoms with Crippen molar-refractivity contribution in [3.8, 4) is 11.1 Å². The van der Waals surface area contributed by atoms with Crippen molar-refractivity contribution in [1.29, 1.82) is 0 Å². The average Bonchev–Trinajstić information content (AvgIpc) is 3.23. The molecule has 0 aliphatic carbocycles. The fourth-order valence-electron chi connectivity index (χ4n) is 2.25. The molecule has 3 heterocycles. The summed E-state index contributed by atoms with van der Waals surface area (Å²) in [4.78, 5) is 20.7. The molecule has 8 heteroatoms. The minimum absolute atomic E-state index is 0.0945. The molecule has 0 aliphatic heterocycles. The Labute approximate surface area is 143 Å². The van der Waals surface area contributed by atoms with E-state index in [9.17, 15) is 4.79 Å². The molecule has 0 unspecified atom stereocenters. The highest BCUT2D eigenvalue weighted by atomic mass is 32.2. The van der Waals surface area contributed by atoms with Crippen LogP contribution in [0.25, 0.3) is 21.3 Å². The maximum Gasteiger partial charge on any atom is 0.260 e. The van der Waals surface area contributed by atoms with Crippen molar-refractivity contribution in [2.75, 3.05) is 0 Å². The van der Waals surface area contributed by atoms with E-state index in [4.69, 9.17) is 0 Å². The Morgan fingerprint density at radius 2 is 2.04 bits per heavy atom. The lowest BCUT2D eigenvalue weighted by Crippen LogP contribution is -2.10. The first kappa shape index (κ1) is 14.6. The van der Waals surface area contributed by atoms with Crippen LogP contribution in [0.5, 0.6) is 0 Å². The number of hydrogen-bond acceptors (Lipinski definition) is 7. The number of thioether (sulfide) groups is 1. The van der Waals surface area contributed by atoms with Gasteiger partial charge in [0.05, 0.1) is 11.1 Å². The van der Waals surface area contributed by atoms with Gasteiger partial charge in [0.2, 0.25) is 0 Å². The van der Waals surface area contributed by atoms with Crippen molar-refractivity contribution in [2.45, 2.75) is 10.1 Å². The summed E-state index contributed by atoms with van der Waals surface area (Å²) >= 11 is 4.49. The molecule has 1 N–H and O–H groups in total. The van der Waals surface area contributed by atoms with Gasteiger partial charge in [-0.3, -0.25) is 4.79 Å². The van der Waals surface area contributed by atoms with Crippen molar-refractivity contribution in [3.63, 3.8) is 0 Å². The third kappa shape index (κ3) is 2.92. The largest absolute Gasteiger partial charge is 0.309 e. The van der Waals surface area contributed by atoms with Crippen molar-refractivity contribution < 1.29 is 0 Å².